The number of sulfone groups is 1. The molecule has 1 fully saturated rings. The Morgan fingerprint density at radius 1 is 1.35 bits per heavy atom. The summed E-state index contributed by atoms with van der Waals surface area (Å²) in [4.78, 5) is 4.21. The second-order valence-corrected chi connectivity index (χ2v) is 8.51. The average molecular weight is 373 g/mol. The number of piperidine rings is 1. The summed E-state index contributed by atoms with van der Waals surface area (Å²) < 4.78 is 30.7. The normalized spacial score (nSPS) is 16.4. The smallest absolute Gasteiger partial charge is 0.184 e. The van der Waals surface area contributed by atoms with Crippen molar-refractivity contribution in [3.8, 4) is 5.75 Å². The highest BCUT2D eigenvalue weighted by Crippen LogP contribution is 2.30. The van der Waals surface area contributed by atoms with Crippen molar-refractivity contribution in [3.05, 3.63) is 39.8 Å². The van der Waals surface area contributed by atoms with Crippen molar-refractivity contribution in [1.29, 1.82) is 0 Å². The Labute approximate surface area is 144 Å². The van der Waals surface area contributed by atoms with E-state index in [1.54, 1.807) is 23.0 Å². The lowest BCUT2D eigenvalue weighted by molar-refractivity contribution is 0.162. The molecule has 1 N–H and O–H groups in total. The van der Waals surface area contributed by atoms with Crippen LogP contribution in [0.2, 0.25) is 5.02 Å². The minimum atomic E-state index is -3.46. The third-order valence-electron chi connectivity index (χ3n) is 3.66. The molecular weight excluding hydrogens is 356 g/mol. The van der Waals surface area contributed by atoms with Crippen molar-refractivity contribution in [3.63, 3.8) is 0 Å². The second-order valence-electron chi connectivity index (χ2n) is 5.40. The molecule has 0 bridgehead atoms. The SMILES string of the molecule is O=S(=O)(Cc1cscn1)c1ccc(OC2CCNCC2)c(Cl)c1. The first-order valence-corrected chi connectivity index (χ1v) is 10.3. The number of nitrogens with one attached hydrogen (secondary N) is 1. The van der Waals surface area contributed by atoms with Gasteiger partial charge in [0, 0.05) is 5.38 Å². The summed E-state index contributed by atoms with van der Waals surface area (Å²) >= 11 is 7.59. The van der Waals surface area contributed by atoms with Crippen molar-refractivity contribution in [2.24, 2.45) is 0 Å². The molecule has 0 unspecified atom stereocenters. The van der Waals surface area contributed by atoms with E-state index in [2.05, 4.69) is 10.3 Å². The third-order valence-corrected chi connectivity index (χ3v) is 6.24. The lowest BCUT2D eigenvalue weighted by atomic mass is 10.1. The van der Waals surface area contributed by atoms with Gasteiger partial charge in [-0.05, 0) is 44.1 Å². The molecule has 3 rings (SSSR count). The molecule has 0 atom stereocenters. The summed E-state index contributed by atoms with van der Waals surface area (Å²) in [6.07, 6.45) is 1.95. The summed E-state index contributed by atoms with van der Waals surface area (Å²) in [7, 11) is -3.46. The predicted molar refractivity (Wildman–Crippen MR) is 91.0 cm³/mol. The van der Waals surface area contributed by atoms with Crippen LogP contribution in [0.15, 0.2) is 34.0 Å². The van der Waals surface area contributed by atoms with Gasteiger partial charge in [-0.2, -0.15) is 0 Å². The average Bonchev–Trinajstić information content (AvgIpc) is 3.02. The van der Waals surface area contributed by atoms with Crippen LogP contribution < -0.4 is 10.1 Å². The Bertz CT molecular complexity index is 757. The van der Waals surface area contributed by atoms with Crippen LogP contribution in [0.5, 0.6) is 5.75 Å². The molecule has 0 aliphatic carbocycles. The quantitative estimate of drug-likeness (QED) is 0.874. The van der Waals surface area contributed by atoms with E-state index in [1.807, 2.05) is 0 Å². The van der Waals surface area contributed by atoms with E-state index in [9.17, 15) is 8.42 Å². The van der Waals surface area contributed by atoms with Crippen LogP contribution >= 0.6 is 22.9 Å². The van der Waals surface area contributed by atoms with Crippen molar-refractivity contribution in [2.45, 2.75) is 29.6 Å². The topological polar surface area (TPSA) is 68.3 Å². The van der Waals surface area contributed by atoms with Gasteiger partial charge < -0.3 is 10.1 Å². The van der Waals surface area contributed by atoms with Gasteiger partial charge in [0.2, 0.25) is 0 Å². The first-order valence-electron chi connectivity index (χ1n) is 7.31. The summed E-state index contributed by atoms with van der Waals surface area (Å²) in [5.74, 6) is 0.410. The van der Waals surface area contributed by atoms with Gasteiger partial charge in [-0.15, -0.1) is 11.3 Å². The number of rotatable bonds is 5. The van der Waals surface area contributed by atoms with E-state index in [-0.39, 0.29) is 16.8 Å². The molecule has 1 saturated heterocycles. The lowest BCUT2D eigenvalue weighted by Crippen LogP contribution is -2.34. The third kappa shape index (κ3) is 4.23. The zero-order valence-electron chi connectivity index (χ0n) is 12.4. The molecule has 5 nitrogen and oxygen atoms in total. The van der Waals surface area contributed by atoms with Gasteiger partial charge in [0.15, 0.2) is 9.84 Å². The minimum absolute atomic E-state index is 0.117. The zero-order valence-corrected chi connectivity index (χ0v) is 14.8. The molecular formula is C15H17ClN2O3S2. The summed E-state index contributed by atoms with van der Waals surface area (Å²) in [6.45, 7) is 1.84. The van der Waals surface area contributed by atoms with Crippen LogP contribution in [-0.4, -0.2) is 32.6 Å². The molecule has 1 aliphatic heterocycles. The Hall–Kier alpha value is -1.15. The summed E-state index contributed by atoms with van der Waals surface area (Å²) in [5.41, 5.74) is 2.16. The van der Waals surface area contributed by atoms with Crippen molar-refractivity contribution >= 4 is 32.8 Å². The van der Waals surface area contributed by atoms with E-state index in [0.29, 0.717) is 16.5 Å². The summed E-state index contributed by atoms with van der Waals surface area (Å²) in [6, 6.07) is 4.64. The van der Waals surface area contributed by atoms with E-state index < -0.39 is 9.84 Å². The van der Waals surface area contributed by atoms with Crippen LogP contribution in [0.4, 0.5) is 0 Å². The largest absolute Gasteiger partial charge is 0.489 e. The van der Waals surface area contributed by atoms with Crippen LogP contribution in [0, 0.1) is 0 Å². The van der Waals surface area contributed by atoms with E-state index >= 15 is 0 Å². The van der Waals surface area contributed by atoms with Crippen LogP contribution in [0.25, 0.3) is 0 Å². The van der Waals surface area contributed by atoms with Crippen LogP contribution in [0.1, 0.15) is 18.5 Å². The van der Waals surface area contributed by atoms with E-state index in [4.69, 9.17) is 16.3 Å². The predicted octanol–water partition coefficient (Wildman–Crippen LogP) is 2.90. The van der Waals surface area contributed by atoms with E-state index in [0.717, 1.165) is 25.9 Å². The van der Waals surface area contributed by atoms with Crippen molar-refractivity contribution in [1.82, 2.24) is 10.3 Å². The molecule has 1 aliphatic rings. The Kier molecular flexibility index (Phi) is 5.21. The monoisotopic (exact) mass is 372 g/mol. The van der Waals surface area contributed by atoms with Gasteiger partial charge in [-0.3, -0.25) is 0 Å². The number of nitrogens with zero attached hydrogens (tertiary/aromatic N) is 1. The molecule has 0 amide bonds. The molecule has 1 aromatic carbocycles. The standard InChI is InChI=1S/C15H17ClN2O3S2/c16-14-7-13(23(19,20)9-11-8-22-10-18-11)1-2-15(14)21-12-3-5-17-6-4-12/h1-2,7-8,10,12,17H,3-6,9H2. The van der Waals surface area contributed by atoms with Gasteiger partial charge in [0.05, 0.1) is 26.9 Å². The van der Waals surface area contributed by atoms with Crippen molar-refractivity contribution in [2.75, 3.05) is 13.1 Å². The number of aromatic nitrogens is 1. The summed E-state index contributed by atoms with van der Waals surface area (Å²) in [5, 5.41) is 5.32. The molecule has 23 heavy (non-hydrogen) atoms. The molecule has 0 saturated carbocycles. The molecule has 124 valence electrons. The van der Waals surface area contributed by atoms with Crippen LogP contribution in [0.3, 0.4) is 0 Å². The Morgan fingerprint density at radius 3 is 2.78 bits per heavy atom. The zero-order chi connectivity index (χ0) is 16.3. The fourth-order valence-corrected chi connectivity index (χ4v) is 4.69. The maximum atomic E-state index is 12.4. The fraction of sp³-hybridized carbons (Fsp3) is 0.400. The second kappa shape index (κ2) is 7.17. The van der Waals surface area contributed by atoms with E-state index in [1.165, 1.54) is 17.4 Å². The molecule has 2 aromatic rings. The highest BCUT2D eigenvalue weighted by molar-refractivity contribution is 7.90. The van der Waals surface area contributed by atoms with Gasteiger partial charge >= 0.3 is 0 Å². The van der Waals surface area contributed by atoms with Gasteiger partial charge in [0.1, 0.15) is 11.9 Å². The van der Waals surface area contributed by atoms with Crippen molar-refractivity contribution < 1.29 is 13.2 Å². The Balaban J connectivity index is 1.75. The molecule has 8 heteroatoms. The molecule has 1 aromatic heterocycles. The highest BCUT2D eigenvalue weighted by Gasteiger charge is 2.20. The van der Waals surface area contributed by atoms with Gasteiger partial charge in [-0.25, -0.2) is 13.4 Å². The molecule has 2 heterocycles. The van der Waals surface area contributed by atoms with Gasteiger partial charge in [-0.1, -0.05) is 11.6 Å². The maximum absolute atomic E-state index is 12.4. The molecule has 0 spiro atoms. The maximum Gasteiger partial charge on any atom is 0.184 e. The fourth-order valence-electron chi connectivity index (χ4n) is 2.45. The first kappa shape index (κ1) is 16.7. The number of thiazole rings is 1. The van der Waals surface area contributed by atoms with Crippen LogP contribution in [-0.2, 0) is 15.6 Å². The highest BCUT2D eigenvalue weighted by atomic mass is 35.5. The number of halogens is 1. The van der Waals surface area contributed by atoms with Gasteiger partial charge in [0.25, 0.3) is 0 Å². The first-order chi connectivity index (χ1) is 11.0. The molecule has 0 radical (unpaired) electrons. The lowest BCUT2D eigenvalue weighted by Gasteiger charge is -2.24. The number of ether oxygens (including phenoxy) is 1. The number of hydrogen-bond donors (Lipinski definition) is 1. The minimum Gasteiger partial charge on any atom is -0.489 e. The number of hydrogen-bond acceptors (Lipinski definition) is 6. The number of benzene rings is 1. The Morgan fingerprint density at radius 2 is 2.13 bits per heavy atom.